The molecule has 0 radical (unpaired) electrons. The number of piperidine rings is 1. The van der Waals surface area contributed by atoms with E-state index in [1.54, 1.807) is 24.3 Å². The third kappa shape index (κ3) is 5.64. The topological polar surface area (TPSA) is 46.6 Å². The minimum Gasteiger partial charge on any atom is -0.493 e. The monoisotopic (exact) mass is 369 g/mol. The van der Waals surface area contributed by atoms with Crippen molar-refractivity contribution in [2.45, 2.75) is 25.7 Å². The van der Waals surface area contributed by atoms with Crippen molar-refractivity contribution >= 4 is 11.7 Å². The van der Waals surface area contributed by atoms with Crippen molar-refractivity contribution in [2.24, 2.45) is 5.92 Å². The second-order valence-electron chi connectivity index (χ2n) is 6.91. The average molecular weight is 369 g/mol. The number of halogens is 1. The number of carbonyl (C=O) groups excluding carboxylic acids is 2. The number of benzene rings is 2. The number of nitrogens with zero attached hydrogens (tertiary/aromatic N) is 1. The fourth-order valence-electron chi connectivity index (χ4n) is 3.35. The van der Waals surface area contributed by atoms with Gasteiger partial charge in [0, 0.05) is 43.5 Å². The Morgan fingerprint density at radius 1 is 1.07 bits per heavy atom. The van der Waals surface area contributed by atoms with Gasteiger partial charge in [-0.05, 0) is 25.0 Å². The van der Waals surface area contributed by atoms with E-state index >= 15 is 0 Å². The molecule has 2 aromatic rings. The van der Waals surface area contributed by atoms with E-state index in [-0.39, 0.29) is 36.3 Å². The van der Waals surface area contributed by atoms with Crippen LogP contribution in [0.5, 0.6) is 5.75 Å². The number of likely N-dealkylation sites (tertiary alicyclic amines) is 1. The van der Waals surface area contributed by atoms with Gasteiger partial charge >= 0.3 is 0 Å². The number of ketones is 1. The summed E-state index contributed by atoms with van der Waals surface area (Å²) in [4.78, 5) is 26.5. The van der Waals surface area contributed by atoms with Crippen molar-refractivity contribution in [1.82, 2.24) is 4.90 Å². The van der Waals surface area contributed by atoms with E-state index < -0.39 is 0 Å². The Kier molecular flexibility index (Phi) is 6.58. The van der Waals surface area contributed by atoms with Gasteiger partial charge in [0.1, 0.15) is 11.6 Å². The van der Waals surface area contributed by atoms with E-state index in [4.69, 9.17) is 4.74 Å². The lowest BCUT2D eigenvalue weighted by Crippen LogP contribution is -2.41. The van der Waals surface area contributed by atoms with Gasteiger partial charge in [0.2, 0.25) is 5.91 Å². The maximum Gasteiger partial charge on any atom is 0.223 e. The Morgan fingerprint density at radius 3 is 2.67 bits per heavy atom. The molecule has 27 heavy (non-hydrogen) atoms. The highest BCUT2D eigenvalue weighted by atomic mass is 19.1. The summed E-state index contributed by atoms with van der Waals surface area (Å²) >= 11 is 0. The van der Waals surface area contributed by atoms with Gasteiger partial charge in [-0.15, -0.1) is 0 Å². The highest BCUT2D eigenvalue weighted by Gasteiger charge is 2.24. The minimum atomic E-state index is -0.323. The normalized spacial score (nSPS) is 16.8. The van der Waals surface area contributed by atoms with Crippen molar-refractivity contribution in [2.75, 3.05) is 19.7 Å². The van der Waals surface area contributed by atoms with Crippen molar-refractivity contribution in [3.8, 4) is 5.75 Å². The van der Waals surface area contributed by atoms with Crippen LogP contribution < -0.4 is 4.74 Å². The average Bonchev–Trinajstić information content (AvgIpc) is 2.71. The molecule has 1 aliphatic rings. The van der Waals surface area contributed by atoms with Gasteiger partial charge in [-0.1, -0.05) is 36.4 Å². The third-order valence-electron chi connectivity index (χ3n) is 4.82. The maximum atomic E-state index is 13.2. The van der Waals surface area contributed by atoms with Crippen LogP contribution in [0, 0.1) is 11.7 Å². The smallest absolute Gasteiger partial charge is 0.223 e. The fourth-order valence-corrected chi connectivity index (χ4v) is 3.35. The molecule has 1 heterocycles. The summed E-state index contributed by atoms with van der Waals surface area (Å²) in [5.74, 6) is 0.403. The molecule has 142 valence electrons. The summed E-state index contributed by atoms with van der Waals surface area (Å²) in [7, 11) is 0. The molecule has 4 nitrogen and oxygen atoms in total. The quantitative estimate of drug-likeness (QED) is 0.690. The molecule has 3 rings (SSSR count). The van der Waals surface area contributed by atoms with Crippen LogP contribution in [0.4, 0.5) is 4.39 Å². The van der Waals surface area contributed by atoms with Crippen molar-refractivity contribution < 1.29 is 18.7 Å². The number of rotatable bonds is 7. The lowest BCUT2D eigenvalue weighted by atomic mass is 9.98. The molecule has 1 atom stereocenters. The second kappa shape index (κ2) is 9.31. The maximum absolute atomic E-state index is 13.2. The first kappa shape index (κ1) is 19.1. The lowest BCUT2D eigenvalue weighted by Gasteiger charge is -2.32. The number of ether oxygens (including phenoxy) is 1. The second-order valence-corrected chi connectivity index (χ2v) is 6.91. The fraction of sp³-hybridized carbons (Fsp3) is 0.364. The number of amides is 1. The van der Waals surface area contributed by atoms with Crippen LogP contribution in [0.25, 0.3) is 0 Å². The molecule has 1 fully saturated rings. The van der Waals surface area contributed by atoms with Crippen molar-refractivity contribution in [1.29, 1.82) is 0 Å². The molecule has 2 aromatic carbocycles. The molecular formula is C22H24FNO3. The first-order chi connectivity index (χ1) is 13.1. The van der Waals surface area contributed by atoms with Gasteiger partial charge in [-0.2, -0.15) is 0 Å². The molecule has 0 unspecified atom stereocenters. The highest BCUT2D eigenvalue weighted by Crippen LogP contribution is 2.20. The Labute approximate surface area is 158 Å². The molecule has 0 saturated carbocycles. The molecule has 0 bridgehead atoms. The van der Waals surface area contributed by atoms with Crippen molar-refractivity contribution in [3.63, 3.8) is 0 Å². The first-order valence-corrected chi connectivity index (χ1v) is 9.36. The summed E-state index contributed by atoms with van der Waals surface area (Å²) in [5.41, 5.74) is 0.644. The van der Waals surface area contributed by atoms with Crippen LogP contribution in [0.2, 0.25) is 0 Å². The zero-order valence-corrected chi connectivity index (χ0v) is 15.3. The van der Waals surface area contributed by atoms with Crippen LogP contribution in [0.15, 0.2) is 54.6 Å². The van der Waals surface area contributed by atoms with E-state index in [0.29, 0.717) is 24.5 Å². The number of Topliss-reactive ketones (excluding diaryl/α,β-unsaturated/α-hetero) is 1. The Morgan fingerprint density at radius 2 is 1.89 bits per heavy atom. The van der Waals surface area contributed by atoms with Gasteiger partial charge in [-0.3, -0.25) is 9.59 Å². The Hall–Kier alpha value is -2.69. The molecular weight excluding hydrogens is 345 g/mol. The van der Waals surface area contributed by atoms with Crippen LogP contribution >= 0.6 is 0 Å². The molecule has 0 aromatic heterocycles. The van der Waals surface area contributed by atoms with E-state index in [1.165, 1.54) is 12.1 Å². The van der Waals surface area contributed by atoms with Gasteiger partial charge < -0.3 is 9.64 Å². The SMILES string of the molecule is O=C(CCC(=O)N1CCC[C@@H](COc2cccc(F)c2)C1)c1ccccc1. The largest absolute Gasteiger partial charge is 0.493 e. The predicted molar refractivity (Wildman–Crippen MR) is 101 cm³/mol. The standard InChI is InChI=1S/C22H24FNO3/c23-19-9-4-10-20(14-19)27-16-17-6-5-13-24(15-17)22(26)12-11-21(25)18-7-2-1-3-8-18/h1-4,7-10,14,17H,5-6,11-13,15-16H2/t17-/m1/s1. The lowest BCUT2D eigenvalue weighted by molar-refractivity contribution is -0.133. The molecule has 0 spiro atoms. The van der Waals surface area contributed by atoms with E-state index in [9.17, 15) is 14.0 Å². The molecule has 5 heteroatoms. The summed E-state index contributed by atoms with van der Waals surface area (Å²) in [5, 5.41) is 0. The van der Waals surface area contributed by atoms with Gasteiger partial charge in [-0.25, -0.2) is 4.39 Å². The van der Waals surface area contributed by atoms with Crippen LogP contribution in [0.3, 0.4) is 0 Å². The number of carbonyl (C=O) groups is 2. The van der Waals surface area contributed by atoms with E-state index in [0.717, 1.165) is 19.4 Å². The Bertz CT molecular complexity index is 778. The van der Waals surface area contributed by atoms with Gasteiger partial charge in [0.05, 0.1) is 6.61 Å². The van der Waals surface area contributed by atoms with E-state index in [2.05, 4.69) is 0 Å². The van der Waals surface area contributed by atoms with Crippen LogP contribution in [0.1, 0.15) is 36.0 Å². The molecule has 1 aliphatic heterocycles. The van der Waals surface area contributed by atoms with Crippen molar-refractivity contribution in [3.05, 3.63) is 66.0 Å². The summed E-state index contributed by atoms with van der Waals surface area (Å²) in [6, 6.07) is 15.1. The molecule has 1 amide bonds. The predicted octanol–water partition coefficient (Wildman–Crippen LogP) is 4.11. The Balaban J connectivity index is 1.45. The summed E-state index contributed by atoms with van der Waals surface area (Å²) in [6.45, 7) is 1.79. The summed E-state index contributed by atoms with van der Waals surface area (Å²) in [6.07, 6.45) is 2.34. The molecule has 1 saturated heterocycles. The van der Waals surface area contributed by atoms with Crippen LogP contribution in [-0.4, -0.2) is 36.3 Å². The zero-order valence-electron chi connectivity index (χ0n) is 15.3. The summed E-state index contributed by atoms with van der Waals surface area (Å²) < 4.78 is 18.9. The minimum absolute atomic E-state index is 0.00746. The molecule has 0 aliphatic carbocycles. The first-order valence-electron chi connectivity index (χ1n) is 9.36. The van der Waals surface area contributed by atoms with Gasteiger partial charge in [0.25, 0.3) is 0 Å². The number of hydrogen-bond donors (Lipinski definition) is 0. The van der Waals surface area contributed by atoms with Crippen LogP contribution in [-0.2, 0) is 4.79 Å². The number of hydrogen-bond acceptors (Lipinski definition) is 3. The van der Waals surface area contributed by atoms with E-state index in [1.807, 2.05) is 23.1 Å². The third-order valence-corrected chi connectivity index (χ3v) is 4.82. The zero-order chi connectivity index (χ0) is 19.1. The molecule has 0 N–H and O–H groups in total. The highest BCUT2D eigenvalue weighted by molar-refractivity contribution is 5.97. The van der Waals surface area contributed by atoms with Gasteiger partial charge in [0.15, 0.2) is 5.78 Å².